The van der Waals surface area contributed by atoms with Crippen molar-refractivity contribution in [1.29, 1.82) is 0 Å². The third-order valence-corrected chi connectivity index (χ3v) is 3.05. The Hall–Kier alpha value is -1.37. The van der Waals surface area contributed by atoms with Gasteiger partial charge in [-0.25, -0.2) is 0 Å². The molecule has 1 heterocycles. The first-order valence-electron chi connectivity index (χ1n) is 5.58. The van der Waals surface area contributed by atoms with E-state index >= 15 is 0 Å². The van der Waals surface area contributed by atoms with Gasteiger partial charge in [0.2, 0.25) is 5.82 Å². The Morgan fingerprint density at radius 2 is 2.11 bits per heavy atom. The predicted molar refractivity (Wildman–Crippen MR) is 70.2 cm³/mol. The topological polar surface area (TPSA) is 74.2 Å². The van der Waals surface area contributed by atoms with Gasteiger partial charge in [0.25, 0.3) is 5.89 Å². The van der Waals surface area contributed by atoms with Crippen LogP contribution in [0.2, 0.25) is 0 Å². The van der Waals surface area contributed by atoms with E-state index in [1.54, 1.807) is 11.8 Å². The van der Waals surface area contributed by atoms with Crippen molar-refractivity contribution in [2.75, 3.05) is 19.4 Å². The quantitative estimate of drug-likeness (QED) is 0.635. The van der Waals surface area contributed by atoms with E-state index in [0.717, 1.165) is 5.56 Å². The summed E-state index contributed by atoms with van der Waals surface area (Å²) in [7, 11) is 0. The summed E-state index contributed by atoms with van der Waals surface area (Å²) in [5.74, 6) is 1.04. The maximum atomic E-state index is 5.32. The van der Waals surface area contributed by atoms with Crippen LogP contribution >= 0.6 is 11.8 Å². The fourth-order valence-electron chi connectivity index (χ4n) is 1.41. The molecule has 0 aliphatic carbocycles. The van der Waals surface area contributed by atoms with Crippen molar-refractivity contribution in [1.82, 2.24) is 10.1 Å². The van der Waals surface area contributed by atoms with Gasteiger partial charge in [-0.3, -0.25) is 0 Å². The fraction of sp³-hybridized carbons (Fsp3) is 0.333. The van der Waals surface area contributed by atoms with Crippen molar-refractivity contribution < 1.29 is 9.26 Å². The molecule has 2 N–H and O–H groups in total. The normalized spacial score (nSPS) is 10.8. The second-order valence-corrected chi connectivity index (χ2v) is 4.46. The number of ether oxygens (including phenoxy) is 1. The summed E-state index contributed by atoms with van der Waals surface area (Å²) in [4.78, 5) is 5.46. The van der Waals surface area contributed by atoms with E-state index in [9.17, 15) is 0 Å². The summed E-state index contributed by atoms with van der Waals surface area (Å²) < 4.78 is 10.3. The molecule has 0 saturated carbocycles. The van der Waals surface area contributed by atoms with Crippen molar-refractivity contribution in [2.45, 2.75) is 11.5 Å². The standard InChI is InChI=1S/C12H15N3O2S/c1-18-10-4-2-9(3-5-10)12-14-11(17-15-12)8-16-7-6-13/h2-5H,6-8,13H2,1H3. The lowest BCUT2D eigenvalue weighted by Gasteiger charge is -1.97. The first-order chi connectivity index (χ1) is 8.83. The largest absolute Gasteiger partial charge is 0.370 e. The average Bonchev–Trinajstić information content (AvgIpc) is 2.88. The minimum Gasteiger partial charge on any atom is -0.370 e. The van der Waals surface area contributed by atoms with E-state index < -0.39 is 0 Å². The molecule has 6 heteroatoms. The van der Waals surface area contributed by atoms with Gasteiger partial charge in [-0.1, -0.05) is 5.16 Å². The first kappa shape index (κ1) is 13.1. The first-order valence-corrected chi connectivity index (χ1v) is 6.81. The fourth-order valence-corrected chi connectivity index (χ4v) is 1.82. The van der Waals surface area contributed by atoms with Crippen molar-refractivity contribution in [3.8, 4) is 11.4 Å². The summed E-state index contributed by atoms with van der Waals surface area (Å²) in [6, 6.07) is 8.00. The van der Waals surface area contributed by atoms with Gasteiger partial charge in [0.15, 0.2) is 0 Å². The molecular formula is C12H15N3O2S. The van der Waals surface area contributed by atoms with Crippen LogP contribution in [0, 0.1) is 0 Å². The van der Waals surface area contributed by atoms with E-state index in [1.807, 2.05) is 30.5 Å². The highest BCUT2D eigenvalue weighted by Gasteiger charge is 2.08. The lowest BCUT2D eigenvalue weighted by Crippen LogP contribution is -2.08. The Kier molecular flexibility index (Phi) is 4.74. The van der Waals surface area contributed by atoms with Crippen LogP contribution in [0.4, 0.5) is 0 Å². The number of aromatic nitrogens is 2. The Balaban J connectivity index is 2.04. The molecule has 0 spiro atoms. The highest BCUT2D eigenvalue weighted by atomic mass is 32.2. The average molecular weight is 265 g/mol. The Labute approximate surface area is 110 Å². The molecule has 1 aromatic carbocycles. The third kappa shape index (κ3) is 3.32. The third-order valence-electron chi connectivity index (χ3n) is 2.30. The number of rotatable bonds is 6. The molecule has 18 heavy (non-hydrogen) atoms. The molecule has 0 atom stereocenters. The molecular weight excluding hydrogens is 250 g/mol. The smallest absolute Gasteiger partial charge is 0.252 e. The zero-order valence-electron chi connectivity index (χ0n) is 10.1. The van der Waals surface area contributed by atoms with Crippen LogP contribution in [0.15, 0.2) is 33.7 Å². The van der Waals surface area contributed by atoms with Crippen LogP contribution in [0.1, 0.15) is 5.89 Å². The van der Waals surface area contributed by atoms with Gasteiger partial charge in [0, 0.05) is 17.0 Å². The van der Waals surface area contributed by atoms with Gasteiger partial charge in [-0.2, -0.15) is 4.98 Å². The second kappa shape index (κ2) is 6.53. The molecule has 0 bridgehead atoms. The van der Waals surface area contributed by atoms with E-state index in [0.29, 0.717) is 31.5 Å². The molecule has 2 aromatic rings. The molecule has 96 valence electrons. The molecule has 5 nitrogen and oxygen atoms in total. The summed E-state index contributed by atoms with van der Waals surface area (Å²) in [5, 5.41) is 3.92. The number of hydrogen-bond acceptors (Lipinski definition) is 6. The number of nitrogens with zero attached hydrogens (tertiary/aromatic N) is 2. The predicted octanol–water partition coefficient (Wildman–Crippen LogP) is 1.93. The Morgan fingerprint density at radius 1 is 1.33 bits per heavy atom. The zero-order chi connectivity index (χ0) is 12.8. The van der Waals surface area contributed by atoms with Crippen LogP contribution in [0.5, 0.6) is 0 Å². The molecule has 0 aliphatic heterocycles. The maximum absolute atomic E-state index is 5.32. The number of benzene rings is 1. The van der Waals surface area contributed by atoms with E-state index in [1.165, 1.54) is 4.90 Å². The number of hydrogen-bond donors (Lipinski definition) is 1. The van der Waals surface area contributed by atoms with Gasteiger partial charge in [-0.05, 0) is 30.5 Å². The van der Waals surface area contributed by atoms with Crippen molar-refractivity contribution in [3.63, 3.8) is 0 Å². The highest BCUT2D eigenvalue weighted by molar-refractivity contribution is 7.98. The monoisotopic (exact) mass is 265 g/mol. The minimum absolute atomic E-state index is 0.299. The van der Waals surface area contributed by atoms with Crippen molar-refractivity contribution >= 4 is 11.8 Å². The van der Waals surface area contributed by atoms with Crippen molar-refractivity contribution in [2.24, 2.45) is 5.73 Å². The van der Waals surface area contributed by atoms with Crippen LogP contribution in [0.25, 0.3) is 11.4 Å². The molecule has 0 aliphatic rings. The Morgan fingerprint density at radius 3 is 2.78 bits per heavy atom. The molecule has 0 fully saturated rings. The molecule has 2 rings (SSSR count). The lowest BCUT2D eigenvalue weighted by atomic mass is 10.2. The molecule has 1 aromatic heterocycles. The molecule has 0 saturated heterocycles. The summed E-state index contributed by atoms with van der Waals surface area (Å²) in [6.45, 7) is 1.27. The van der Waals surface area contributed by atoms with Crippen LogP contribution in [0.3, 0.4) is 0 Å². The Bertz CT molecular complexity index is 484. The second-order valence-electron chi connectivity index (χ2n) is 3.58. The van der Waals surface area contributed by atoms with Gasteiger partial charge < -0.3 is 15.0 Å². The molecule has 0 unspecified atom stereocenters. The van der Waals surface area contributed by atoms with Crippen LogP contribution in [-0.4, -0.2) is 29.5 Å². The van der Waals surface area contributed by atoms with Gasteiger partial charge in [0.1, 0.15) is 6.61 Å². The van der Waals surface area contributed by atoms with Gasteiger partial charge in [-0.15, -0.1) is 11.8 Å². The van der Waals surface area contributed by atoms with Crippen molar-refractivity contribution in [3.05, 3.63) is 30.2 Å². The number of nitrogens with two attached hydrogens (primary N) is 1. The van der Waals surface area contributed by atoms with Gasteiger partial charge >= 0.3 is 0 Å². The lowest BCUT2D eigenvalue weighted by molar-refractivity contribution is 0.104. The molecule has 0 amide bonds. The SMILES string of the molecule is CSc1ccc(-c2noc(COCCN)n2)cc1. The van der Waals surface area contributed by atoms with E-state index in [2.05, 4.69) is 10.1 Å². The summed E-state index contributed by atoms with van der Waals surface area (Å²) >= 11 is 1.70. The molecule has 0 radical (unpaired) electrons. The maximum Gasteiger partial charge on any atom is 0.252 e. The minimum atomic E-state index is 0.299. The van der Waals surface area contributed by atoms with Crippen LogP contribution in [-0.2, 0) is 11.3 Å². The van der Waals surface area contributed by atoms with E-state index in [4.69, 9.17) is 15.0 Å². The summed E-state index contributed by atoms with van der Waals surface area (Å²) in [6.07, 6.45) is 2.04. The summed E-state index contributed by atoms with van der Waals surface area (Å²) in [5.41, 5.74) is 6.25. The number of thioether (sulfide) groups is 1. The van der Waals surface area contributed by atoms with Gasteiger partial charge in [0.05, 0.1) is 6.61 Å². The van der Waals surface area contributed by atoms with E-state index in [-0.39, 0.29) is 0 Å². The zero-order valence-corrected chi connectivity index (χ0v) is 10.9. The van der Waals surface area contributed by atoms with Crippen LogP contribution < -0.4 is 5.73 Å². The highest BCUT2D eigenvalue weighted by Crippen LogP contribution is 2.20.